The van der Waals surface area contributed by atoms with E-state index >= 15 is 0 Å². The van der Waals surface area contributed by atoms with E-state index in [1.165, 1.54) is 4.90 Å². The molecule has 0 aromatic heterocycles. The van der Waals surface area contributed by atoms with Crippen molar-refractivity contribution in [2.24, 2.45) is 5.73 Å². The molecule has 0 aliphatic rings. The average molecular weight is 274 g/mol. The van der Waals surface area contributed by atoms with Crippen LogP contribution >= 0.6 is 0 Å². The highest BCUT2D eigenvalue weighted by Crippen LogP contribution is 2.16. The number of hydrogen-bond donors (Lipinski definition) is 2. The Morgan fingerprint density at radius 2 is 2.10 bits per heavy atom. The fraction of sp³-hybridized carbons (Fsp3) is 0.438. The van der Waals surface area contributed by atoms with Gasteiger partial charge in [0, 0.05) is 24.7 Å². The van der Waals surface area contributed by atoms with Gasteiger partial charge in [-0.3, -0.25) is 4.79 Å². The Balaban J connectivity index is 3.05. The molecule has 0 spiro atoms. The molecule has 108 valence electrons. The summed E-state index contributed by atoms with van der Waals surface area (Å²) in [5, 5.41) is 9.79. The second-order valence-electron chi connectivity index (χ2n) is 5.46. The van der Waals surface area contributed by atoms with E-state index in [0.29, 0.717) is 5.56 Å². The quantitative estimate of drug-likeness (QED) is 0.813. The molecule has 0 atom stereocenters. The minimum atomic E-state index is -0.921. The average Bonchev–Trinajstić information content (AvgIpc) is 2.34. The van der Waals surface area contributed by atoms with Gasteiger partial charge in [-0.25, -0.2) is 0 Å². The summed E-state index contributed by atoms with van der Waals surface area (Å²) in [5.41, 5.74) is 6.68. The fourth-order valence-electron chi connectivity index (χ4n) is 2.01. The molecule has 0 fully saturated rings. The third-order valence-corrected chi connectivity index (χ3v) is 2.86. The molecule has 1 aromatic carbocycles. The van der Waals surface area contributed by atoms with Gasteiger partial charge < -0.3 is 15.7 Å². The third-order valence-electron chi connectivity index (χ3n) is 2.86. The zero-order chi connectivity index (χ0) is 15.3. The Labute approximate surface area is 120 Å². The number of nitrogens with zero attached hydrogens (tertiary/aromatic N) is 1. The maximum atomic E-state index is 12.4. The summed E-state index contributed by atoms with van der Waals surface area (Å²) in [6.07, 6.45) is 0. The number of benzene rings is 1. The monoisotopic (exact) mass is 274 g/mol. The molecule has 4 heteroatoms. The minimum Gasteiger partial charge on any atom is -0.389 e. The molecule has 3 N–H and O–H groups in total. The lowest BCUT2D eigenvalue weighted by molar-refractivity contribution is 0.0367. The van der Waals surface area contributed by atoms with Crippen molar-refractivity contribution in [3.63, 3.8) is 0 Å². The van der Waals surface area contributed by atoms with E-state index in [-0.39, 0.29) is 19.0 Å². The summed E-state index contributed by atoms with van der Waals surface area (Å²) in [5.74, 6) is 5.63. The topological polar surface area (TPSA) is 66.6 Å². The van der Waals surface area contributed by atoms with Gasteiger partial charge in [0.15, 0.2) is 0 Å². The molecule has 0 aliphatic heterocycles. The second-order valence-corrected chi connectivity index (χ2v) is 5.46. The van der Waals surface area contributed by atoms with Crippen molar-refractivity contribution in [3.8, 4) is 11.8 Å². The van der Waals surface area contributed by atoms with Crippen molar-refractivity contribution in [1.29, 1.82) is 0 Å². The first kappa shape index (κ1) is 16.2. The first-order valence-electron chi connectivity index (χ1n) is 6.52. The largest absolute Gasteiger partial charge is 0.389 e. The lowest BCUT2D eigenvalue weighted by atomic mass is 10.0. The molecule has 0 saturated heterocycles. The number of carbonyl (C=O) groups excluding carboxylic acids is 1. The Hall–Kier alpha value is -1.83. The zero-order valence-corrected chi connectivity index (χ0v) is 12.5. The smallest absolute Gasteiger partial charge is 0.254 e. The van der Waals surface area contributed by atoms with Crippen LogP contribution in [0.3, 0.4) is 0 Å². The standard InChI is InChI=1S/C16H22N2O2/c1-12-13(8-6-10-17)7-5-9-14(12)15(19)18(4)11-16(2,3)20/h5,7,9,20H,10-11,17H2,1-4H3. The van der Waals surface area contributed by atoms with Gasteiger partial charge in [0.1, 0.15) is 0 Å². The molecular formula is C16H22N2O2. The van der Waals surface area contributed by atoms with E-state index in [4.69, 9.17) is 5.73 Å². The van der Waals surface area contributed by atoms with Crippen LogP contribution in [0.5, 0.6) is 0 Å². The van der Waals surface area contributed by atoms with Crippen molar-refractivity contribution >= 4 is 5.91 Å². The number of likely N-dealkylation sites (N-methyl/N-ethyl adjacent to an activating group) is 1. The third kappa shape index (κ3) is 4.37. The highest BCUT2D eigenvalue weighted by molar-refractivity contribution is 5.96. The van der Waals surface area contributed by atoms with Gasteiger partial charge in [0.2, 0.25) is 0 Å². The van der Waals surface area contributed by atoms with E-state index in [2.05, 4.69) is 11.8 Å². The molecular weight excluding hydrogens is 252 g/mol. The summed E-state index contributed by atoms with van der Waals surface area (Å²) >= 11 is 0. The number of nitrogens with two attached hydrogens (primary N) is 1. The molecule has 20 heavy (non-hydrogen) atoms. The van der Waals surface area contributed by atoms with Crippen molar-refractivity contribution in [1.82, 2.24) is 4.90 Å². The molecule has 0 heterocycles. The highest BCUT2D eigenvalue weighted by atomic mass is 16.3. The molecule has 4 nitrogen and oxygen atoms in total. The SMILES string of the molecule is Cc1c(C#CCN)cccc1C(=O)N(C)CC(C)(C)O. The molecule has 1 amide bonds. The van der Waals surface area contributed by atoms with Gasteiger partial charge in [-0.2, -0.15) is 0 Å². The van der Waals surface area contributed by atoms with Crippen molar-refractivity contribution in [2.45, 2.75) is 26.4 Å². The number of rotatable bonds is 3. The molecule has 1 aromatic rings. The summed E-state index contributed by atoms with van der Waals surface area (Å²) in [6.45, 7) is 5.77. The Bertz CT molecular complexity index is 548. The van der Waals surface area contributed by atoms with Crippen molar-refractivity contribution in [3.05, 3.63) is 34.9 Å². The van der Waals surface area contributed by atoms with Crippen LogP contribution < -0.4 is 5.73 Å². The molecule has 0 bridgehead atoms. The fourth-order valence-corrected chi connectivity index (χ4v) is 2.01. The van der Waals surface area contributed by atoms with E-state index in [9.17, 15) is 9.90 Å². The van der Waals surface area contributed by atoms with Crippen LogP contribution in [-0.4, -0.2) is 41.7 Å². The predicted molar refractivity (Wildman–Crippen MR) is 80.4 cm³/mol. The maximum absolute atomic E-state index is 12.4. The predicted octanol–water partition coefficient (Wildman–Crippen LogP) is 1.15. The molecule has 0 aliphatic carbocycles. The summed E-state index contributed by atoms with van der Waals surface area (Å²) in [7, 11) is 1.68. The lowest BCUT2D eigenvalue weighted by Gasteiger charge is -2.26. The Kier molecular flexibility index (Phi) is 5.32. The van der Waals surface area contributed by atoms with Crippen molar-refractivity contribution in [2.75, 3.05) is 20.1 Å². The van der Waals surface area contributed by atoms with Gasteiger partial charge in [-0.15, -0.1) is 0 Å². The lowest BCUT2D eigenvalue weighted by Crippen LogP contribution is -2.40. The van der Waals surface area contributed by atoms with Crippen LogP contribution in [0.2, 0.25) is 0 Å². The van der Waals surface area contributed by atoms with Gasteiger partial charge in [-0.1, -0.05) is 17.9 Å². The van der Waals surface area contributed by atoms with Crippen LogP contribution in [0.15, 0.2) is 18.2 Å². The zero-order valence-electron chi connectivity index (χ0n) is 12.5. The molecule has 0 unspecified atom stereocenters. The number of hydrogen-bond acceptors (Lipinski definition) is 3. The highest BCUT2D eigenvalue weighted by Gasteiger charge is 2.21. The van der Waals surface area contributed by atoms with Crippen LogP contribution in [0.1, 0.15) is 35.3 Å². The first-order valence-corrected chi connectivity index (χ1v) is 6.52. The maximum Gasteiger partial charge on any atom is 0.254 e. The summed E-state index contributed by atoms with van der Waals surface area (Å²) in [6, 6.07) is 5.44. The molecule has 0 radical (unpaired) electrons. The van der Waals surface area contributed by atoms with E-state index in [1.54, 1.807) is 33.0 Å². The molecule has 1 rings (SSSR count). The first-order chi connectivity index (χ1) is 9.26. The van der Waals surface area contributed by atoms with Crippen LogP contribution in [0, 0.1) is 18.8 Å². The van der Waals surface area contributed by atoms with Gasteiger partial charge in [0.25, 0.3) is 5.91 Å². The normalized spacial score (nSPS) is 10.7. The number of carbonyl (C=O) groups is 1. The molecule has 0 saturated carbocycles. The Morgan fingerprint density at radius 1 is 1.45 bits per heavy atom. The number of amides is 1. The van der Waals surface area contributed by atoms with E-state index < -0.39 is 5.60 Å². The minimum absolute atomic E-state index is 0.124. The summed E-state index contributed by atoms with van der Waals surface area (Å²) < 4.78 is 0. The van der Waals surface area contributed by atoms with Gasteiger partial charge in [0.05, 0.1) is 12.1 Å². The van der Waals surface area contributed by atoms with E-state index in [0.717, 1.165) is 11.1 Å². The Morgan fingerprint density at radius 3 is 2.65 bits per heavy atom. The summed E-state index contributed by atoms with van der Waals surface area (Å²) in [4.78, 5) is 13.9. The van der Waals surface area contributed by atoms with Gasteiger partial charge in [-0.05, 0) is 38.5 Å². The second kappa shape index (κ2) is 6.56. The number of aliphatic hydroxyl groups is 1. The van der Waals surface area contributed by atoms with Crippen molar-refractivity contribution < 1.29 is 9.90 Å². The van der Waals surface area contributed by atoms with Crippen LogP contribution in [-0.2, 0) is 0 Å². The van der Waals surface area contributed by atoms with Crippen LogP contribution in [0.25, 0.3) is 0 Å². The van der Waals surface area contributed by atoms with Gasteiger partial charge >= 0.3 is 0 Å². The van der Waals surface area contributed by atoms with E-state index in [1.807, 2.05) is 13.0 Å². The van der Waals surface area contributed by atoms with Crippen LogP contribution in [0.4, 0.5) is 0 Å².